The van der Waals surface area contributed by atoms with Gasteiger partial charge in [-0.2, -0.15) is 23.5 Å². The van der Waals surface area contributed by atoms with Gasteiger partial charge in [-0.15, -0.1) is 0 Å². The molecule has 10 heteroatoms. The van der Waals surface area contributed by atoms with Gasteiger partial charge in [-0.05, 0) is 84.1 Å². The number of nitriles is 1. The van der Waals surface area contributed by atoms with Crippen LogP contribution in [-0.2, 0) is 10.8 Å². The molecule has 0 amide bonds. The van der Waals surface area contributed by atoms with Crippen LogP contribution in [0.2, 0.25) is 18.1 Å². The van der Waals surface area contributed by atoms with Crippen LogP contribution >= 0.6 is 0 Å². The minimum Gasteiger partial charge on any atom is -0.497 e. The Morgan fingerprint density at radius 3 is 2.25 bits per heavy atom. The fourth-order valence-electron chi connectivity index (χ4n) is 5.06. The molecule has 44 heavy (non-hydrogen) atoms. The number of methoxy groups -OCH3 is 1. The standard InChI is InChI=1S/C34H39F4N3O2Si/c1-22-18-25(28-20-27(42-5)14-15-30(28)35)11-10-24(22)19-23-8-12-26(13-9-23)41-31(16-17-39)29(32(40-41)34(36,37)38)21-43-44(6,7)33(2,3)4/h8-15,18,20,29,31H,16,19,21H2,1-7H3. The van der Waals surface area contributed by atoms with Crippen molar-refractivity contribution in [2.45, 2.75) is 70.9 Å². The molecule has 0 N–H and O–H groups in total. The maximum absolute atomic E-state index is 14.5. The second kappa shape index (κ2) is 12.7. The highest BCUT2D eigenvalue weighted by atomic mass is 28.4. The van der Waals surface area contributed by atoms with Gasteiger partial charge in [0.1, 0.15) is 17.3 Å². The van der Waals surface area contributed by atoms with E-state index in [2.05, 4.69) is 11.2 Å². The molecule has 0 bridgehead atoms. The van der Waals surface area contributed by atoms with Crippen molar-refractivity contribution >= 4 is 19.7 Å². The predicted octanol–water partition coefficient (Wildman–Crippen LogP) is 9.06. The van der Waals surface area contributed by atoms with E-state index in [-0.39, 0.29) is 23.9 Å². The minimum atomic E-state index is -4.65. The van der Waals surface area contributed by atoms with E-state index in [0.717, 1.165) is 22.3 Å². The Kier molecular flexibility index (Phi) is 9.62. The summed E-state index contributed by atoms with van der Waals surface area (Å²) >= 11 is 0. The van der Waals surface area contributed by atoms with Crippen LogP contribution in [0.3, 0.4) is 0 Å². The molecule has 3 aromatic rings. The topological polar surface area (TPSA) is 57.9 Å². The average Bonchev–Trinajstić information content (AvgIpc) is 3.32. The SMILES string of the molecule is COc1ccc(F)c(-c2ccc(Cc3ccc(N4N=C(C(F)(F)F)C(CO[Si](C)(C)C(C)(C)C)C4CC#N)cc3)c(C)c2)c1. The largest absolute Gasteiger partial charge is 0.497 e. The first-order valence-corrected chi connectivity index (χ1v) is 17.4. The van der Waals surface area contributed by atoms with E-state index in [1.807, 2.05) is 71.1 Å². The summed E-state index contributed by atoms with van der Waals surface area (Å²) < 4.78 is 68.6. The normalized spacial score (nSPS) is 17.4. The van der Waals surface area contributed by atoms with E-state index < -0.39 is 32.2 Å². The van der Waals surface area contributed by atoms with Gasteiger partial charge in [-0.25, -0.2) is 4.39 Å². The van der Waals surface area contributed by atoms with Gasteiger partial charge in [0.15, 0.2) is 8.32 Å². The molecule has 1 heterocycles. The maximum Gasteiger partial charge on any atom is 0.431 e. The van der Waals surface area contributed by atoms with Gasteiger partial charge >= 0.3 is 6.18 Å². The molecule has 3 aromatic carbocycles. The fraction of sp³-hybridized carbons (Fsp3) is 0.412. The van der Waals surface area contributed by atoms with Crippen LogP contribution in [0.25, 0.3) is 11.1 Å². The highest BCUT2D eigenvalue weighted by Gasteiger charge is 2.51. The number of halogens is 4. The number of aryl methyl sites for hydroxylation is 1. The van der Waals surface area contributed by atoms with E-state index in [9.17, 15) is 22.8 Å². The van der Waals surface area contributed by atoms with Crippen molar-refractivity contribution in [1.29, 1.82) is 5.26 Å². The molecule has 5 nitrogen and oxygen atoms in total. The lowest BCUT2D eigenvalue weighted by Gasteiger charge is -2.38. The lowest BCUT2D eigenvalue weighted by atomic mass is 9.93. The number of rotatable bonds is 9. The molecule has 234 valence electrons. The zero-order valence-electron chi connectivity index (χ0n) is 26.2. The number of nitrogens with zero attached hydrogens (tertiary/aromatic N) is 3. The molecule has 2 atom stereocenters. The van der Waals surface area contributed by atoms with Crippen molar-refractivity contribution in [1.82, 2.24) is 0 Å². The Bertz CT molecular complexity index is 1560. The Morgan fingerprint density at radius 1 is 1.00 bits per heavy atom. The molecule has 1 aliphatic heterocycles. The Morgan fingerprint density at radius 2 is 1.68 bits per heavy atom. The second-order valence-electron chi connectivity index (χ2n) is 12.8. The number of ether oxygens (including phenoxy) is 1. The third kappa shape index (κ3) is 7.16. The average molecular weight is 626 g/mol. The molecule has 0 spiro atoms. The van der Waals surface area contributed by atoms with Gasteiger partial charge in [0.2, 0.25) is 0 Å². The summed E-state index contributed by atoms with van der Waals surface area (Å²) in [5, 5.41) is 14.7. The van der Waals surface area contributed by atoms with Gasteiger partial charge in [0, 0.05) is 12.2 Å². The van der Waals surface area contributed by atoms with Gasteiger partial charge in [-0.1, -0.05) is 51.1 Å². The van der Waals surface area contributed by atoms with E-state index in [1.165, 1.54) is 18.2 Å². The Labute approximate surface area is 258 Å². The van der Waals surface area contributed by atoms with Gasteiger partial charge in [0.05, 0.1) is 37.2 Å². The number of alkyl halides is 3. The first-order chi connectivity index (χ1) is 20.6. The van der Waals surface area contributed by atoms with Crippen LogP contribution in [0.5, 0.6) is 5.75 Å². The molecule has 0 saturated heterocycles. The van der Waals surface area contributed by atoms with E-state index in [1.54, 1.807) is 24.3 Å². The molecular weight excluding hydrogens is 586 g/mol. The van der Waals surface area contributed by atoms with E-state index in [4.69, 9.17) is 9.16 Å². The van der Waals surface area contributed by atoms with Crippen LogP contribution in [0, 0.1) is 30.0 Å². The highest BCUT2D eigenvalue weighted by Crippen LogP contribution is 2.40. The van der Waals surface area contributed by atoms with Crippen molar-refractivity contribution in [2.75, 3.05) is 18.7 Å². The smallest absolute Gasteiger partial charge is 0.431 e. The number of anilines is 1. The highest BCUT2D eigenvalue weighted by molar-refractivity contribution is 6.74. The Balaban J connectivity index is 1.56. The van der Waals surface area contributed by atoms with Crippen LogP contribution in [0.15, 0.2) is 65.8 Å². The number of benzene rings is 3. The van der Waals surface area contributed by atoms with Crippen molar-refractivity contribution in [2.24, 2.45) is 11.0 Å². The predicted molar refractivity (Wildman–Crippen MR) is 169 cm³/mol. The van der Waals surface area contributed by atoms with Crippen molar-refractivity contribution in [3.8, 4) is 22.9 Å². The number of hydrogen-bond donors (Lipinski definition) is 0. The van der Waals surface area contributed by atoms with E-state index >= 15 is 0 Å². The molecule has 0 saturated carbocycles. The van der Waals surface area contributed by atoms with Crippen LogP contribution in [0.4, 0.5) is 23.2 Å². The zero-order chi connectivity index (χ0) is 32.4. The van der Waals surface area contributed by atoms with Gasteiger partial charge < -0.3 is 9.16 Å². The number of hydrazone groups is 1. The lowest BCUT2D eigenvalue weighted by Crippen LogP contribution is -2.46. The lowest BCUT2D eigenvalue weighted by molar-refractivity contribution is -0.0633. The van der Waals surface area contributed by atoms with Crippen molar-refractivity contribution in [3.05, 3.63) is 83.2 Å². The first-order valence-electron chi connectivity index (χ1n) is 14.5. The summed E-state index contributed by atoms with van der Waals surface area (Å²) in [5.41, 5.74) is 3.72. The quantitative estimate of drug-likeness (QED) is 0.176. The number of hydrogen-bond acceptors (Lipinski definition) is 5. The van der Waals surface area contributed by atoms with Crippen LogP contribution in [0.1, 0.15) is 43.9 Å². The summed E-state index contributed by atoms with van der Waals surface area (Å²) in [7, 11) is -0.806. The van der Waals surface area contributed by atoms with Crippen molar-refractivity contribution < 1.29 is 26.7 Å². The molecule has 0 fully saturated rings. The molecule has 1 aliphatic rings. The zero-order valence-corrected chi connectivity index (χ0v) is 27.2. The van der Waals surface area contributed by atoms with Crippen LogP contribution < -0.4 is 9.75 Å². The summed E-state index contributed by atoms with van der Waals surface area (Å²) in [6.07, 6.45) is -4.20. The van der Waals surface area contributed by atoms with Crippen LogP contribution in [-0.4, -0.2) is 40.0 Å². The molecule has 4 rings (SSSR count). The molecule has 2 unspecified atom stereocenters. The minimum absolute atomic E-state index is 0.129. The van der Waals surface area contributed by atoms with Crippen molar-refractivity contribution in [3.63, 3.8) is 0 Å². The third-order valence-electron chi connectivity index (χ3n) is 8.79. The summed E-state index contributed by atoms with van der Waals surface area (Å²) in [4.78, 5) is 0. The van der Waals surface area contributed by atoms with E-state index in [0.29, 0.717) is 23.4 Å². The molecular formula is C34H39F4N3O2Si. The molecule has 0 aromatic heterocycles. The fourth-order valence-corrected chi connectivity index (χ4v) is 6.09. The summed E-state index contributed by atoms with van der Waals surface area (Å²) in [5.74, 6) is -0.853. The first kappa shape index (κ1) is 33.2. The second-order valence-corrected chi connectivity index (χ2v) is 17.6. The Hall–Kier alpha value is -3.68. The summed E-state index contributed by atoms with van der Waals surface area (Å²) in [6.45, 7) is 11.9. The van der Waals surface area contributed by atoms with Gasteiger partial charge in [-0.3, -0.25) is 5.01 Å². The van der Waals surface area contributed by atoms with Gasteiger partial charge in [0.25, 0.3) is 0 Å². The monoisotopic (exact) mass is 625 g/mol. The summed E-state index contributed by atoms with van der Waals surface area (Å²) in [6, 6.07) is 18.8. The maximum atomic E-state index is 14.5. The molecule has 0 aliphatic carbocycles. The third-order valence-corrected chi connectivity index (χ3v) is 13.3. The molecule has 0 radical (unpaired) electrons.